The minimum absolute atomic E-state index is 0.0791. The average molecular weight is 431 g/mol. The molecule has 0 spiro atoms. The van der Waals surface area contributed by atoms with Crippen LogP contribution < -0.4 is 20.5 Å². The highest BCUT2D eigenvalue weighted by atomic mass is 31.2. The summed E-state index contributed by atoms with van der Waals surface area (Å²) in [5.74, 6) is 0.0108. The predicted octanol–water partition coefficient (Wildman–Crippen LogP) is 2.16. The van der Waals surface area contributed by atoms with Gasteiger partial charge in [-0.3, -0.25) is 9.13 Å². The number of pyridine rings is 1. The van der Waals surface area contributed by atoms with Gasteiger partial charge in [-0.15, -0.1) is 0 Å². The minimum atomic E-state index is -4.74. The molecule has 154 valence electrons. The molecule has 11 heteroatoms. The van der Waals surface area contributed by atoms with Crippen molar-refractivity contribution in [2.45, 2.75) is 13.0 Å². The van der Waals surface area contributed by atoms with E-state index in [2.05, 4.69) is 9.97 Å². The van der Waals surface area contributed by atoms with Crippen molar-refractivity contribution >= 4 is 34.8 Å². The number of aromatic amines is 1. The Hall–Kier alpha value is -3.20. The Morgan fingerprint density at radius 3 is 2.80 bits per heavy atom. The molecule has 0 saturated heterocycles. The second-order valence-electron chi connectivity index (χ2n) is 6.95. The fourth-order valence-electron chi connectivity index (χ4n) is 3.78. The number of benzene rings is 2. The van der Waals surface area contributed by atoms with E-state index < -0.39 is 30.4 Å². The first-order chi connectivity index (χ1) is 14.3. The van der Waals surface area contributed by atoms with Gasteiger partial charge in [0.2, 0.25) is 6.79 Å². The Morgan fingerprint density at radius 2 is 2.07 bits per heavy atom. The molecule has 9 nitrogen and oxygen atoms in total. The van der Waals surface area contributed by atoms with Gasteiger partial charge in [0, 0.05) is 5.39 Å². The molecule has 1 aliphatic heterocycles. The van der Waals surface area contributed by atoms with E-state index in [9.17, 15) is 23.5 Å². The summed E-state index contributed by atoms with van der Waals surface area (Å²) in [7, 11) is -4.74. The lowest BCUT2D eigenvalue weighted by Crippen LogP contribution is -2.22. The normalized spacial score (nSPS) is 14.5. The zero-order chi connectivity index (χ0) is 21.2. The quantitative estimate of drug-likeness (QED) is 0.424. The van der Waals surface area contributed by atoms with Crippen LogP contribution in [0.2, 0.25) is 0 Å². The molecule has 0 aliphatic carbocycles. The van der Waals surface area contributed by atoms with Crippen LogP contribution in [-0.2, 0) is 4.57 Å². The minimum Gasteiger partial charge on any atom is -0.454 e. The molecule has 0 unspecified atom stereocenters. The number of hydrogen-bond donors (Lipinski definition) is 3. The van der Waals surface area contributed by atoms with Gasteiger partial charge in [-0.1, -0.05) is 6.07 Å². The van der Waals surface area contributed by atoms with Gasteiger partial charge in [-0.25, -0.2) is 14.2 Å². The van der Waals surface area contributed by atoms with E-state index in [-0.39, 0.29) is 6.79 Å². The maximum atomic E-state index is 14.3. The van der Waals surface area contributed by atoms with Crippen LogP contribution in [0.3, 0.4) is 0 Å². The topological polar surface area (TPSA) is 127 Å². The van der Waals surface area contributed by atoms with Crippen molar-refractivity contribution in [3.05, 3.63) is 58.4 Å². The molecule has 2 aromatic heterocycles. The summed E-state index contributed by atoms with van der Waals surface area (Å²) in [6.07, 6.45) is 1.52. The van der Waals surface area contributed by atoms with Gasteiger partial charge in [-0.2, -0.15) is 0 Å². The Bertz CT molecular complexity index is 1440. The summed E-state index contributed by atoms with van der Waals surface area (Å²) >= 11 is 0. The third kappa shape index (κ3) is 2.72. The molecular formula is C19H15FN3O6P. The van der Waals surface area contributed by atoms with Crippen LogP contribution in [0, 0.1) is 5.82 Å². The van der Waals surface area contributed by atoms with Crippen LogP contribution in [0.5, 0.6) is 11.5 Å². The van der Waals surface area contributed by atoms with Gasteiger partial charge in [-0.05, 0) is 36.8 Å². The third-order valence-corrected chi connectivity index (χ3v) is 6.19. The van der Waals surface area contributed by atoms with E-state index in [0.717, 1.165) is 12.1 Å². The second kappa shape index (κ2) is 6.40. The van der Waals surface area contributed by atoms with E-state index in [1.165, 1.54) is 16.8 Å². The Kier molecular flexibility index (Phi) is 4.01. The van der Waals surface area contributed by atoms with E-state index in [4.69, 9.17) is 9.47 Å². The Balaban J connectivity index is 1.73. The molecule has 1 atom stereocenters. The monoisotopic (exact) mass is 431 g/mol. The predicted molar refractivity (Wildman–Crippen MR) is 106 cm³/mol. The lowest BCUT2D eigenvalue weighted by atomic mass is 10.1. The van der Waals surface area contributed by atoms with Gasteiger partial charge in [0.05, 0.1) is 28.6 Å². The molecule has 3 N–H and O–H groups in total. The zero-order valence-corrected chi connectivity index (χ0v) is 16.4. The summed E-state index contributed by atoms with van der Waals surface area (Å²) in [4.78, 5) is 38.4. The van der Waals surface area contributed by atoms with E-state index in [0.29, 0.717) is 39.0 Å². The van der Waals surface area contributed by atoms with Crippen LogP contribution >= 0.6 is 7.60 Å². The van der Waals surface area contributed by atoms with Gasteiger partial charge >= 0.3 is 13.3 Å². The van der Waals surface area contributed by atoms with E-state index in [1.807, 2.05) is 0 Å². The van der Waals surface area contributed by atoms with Gasteiger partial charge in [0.1, 0.15) is 11.3 Å². The summed E-state index contributed by atoms with van der Waals surface area (Å²) in [6, 6.07) is 6.33. The number of hydrogen-bond acceptors (Lipinski definition) is 5. The van der Waals surface area contributed by atoms with E-state index >= 15 is 0 Å². The highest BCUT2D eigenvalue weighted by Crippen LogP contribution is 2.40. The average Bonchev–Trinajstić information content (AvgIpc) is 3.29. The van der Waals surface area contributed by atoms with Crippen molar-refractivity contribution in [1.29, 1.82) is 0 Å². The molecule has 2 aromatic carbocycles. The van der Waals surface area contributed by atoms with Crippen molar-refractivity contribution in [3.8, 4) is 11.5 Å². The second-order valence-corrected chi connectivity index (χ2v) is 8.52. The molecule has 0 amide bonds. The molecule has 30 heavy (non-hydrogen) atoms. The molecule has 1 aliphatic rings. The number of halogens is 1. The number of aromatic nitrogens is 3. The zero-order valence-electron chi connectivity index (χ0n) is 15.5. The number of imidazole rings is 1. The van der Waals surface area contributed by atoms with Crippen molar-refractivity contribution in [1.82, 2.24) is 14.5 Å². The third-order valence-electron chi connectivity index (χ3n) is 5.20. The summed E-state index contributed by atoms with van der Waals surface area (Å²) in [6.45, 7) is 1.77. The first kappa shape index (κ1) is 18.8. The fraction of sp³-hybridized carbons (Fsp3) is 0.158. The van der Waals surface area contributed by atoms with Gasteiger partial charge in [0.15, 0.2) is 11.5 Å². The molecule has 3 heterocycles. The van der Waals surface area contributed by atoms with Crippen LogP contribution in [0.25, 0.3) is 21.9 Å². The number of rotatable bonds is 3. The van der Waals surface area contributed by atoms with Crippen molar-refractivity contribution in [2.24, 2.45) is 0 Å². The lowest BCUT2D eigenvalue weighted by Gasteiger charge is -2.16. The number of ether oxygens (including phenoxy) is 2. The maximum absolute atomic E-state index is 14.3. The Morgan fingerprint density at radius 1 is 1.27 bits per heavy atom. The summed E-state index contributed by atoms with van der Waals surface area (Å²) < 4.78 is 38.1. The standard InChI is InChI=1S/C19H15FN3O6P/c1-9(10-2-5-15(12(20)6-10)30(25,26)27)23-17-11-3-4-14-18(29-8-28-14)16(11)21-7-13(17)22-19(23)24/h2-7,9H,8H2,1H3,(H,22,24)(H2,25,26,27)/t9-/m0/s1. The van der Waals surface area contributed by atoms with Gasteiger partial charge < -0.3 is 24.2 Å². The van der Waals surface area contributed by atoms with Crippen LogP contribution in [-0.4, -0.2) is 31.1 Å². The molecule has 0 saturated carbocycles. The van der Waals surface area contributed by atoms with Crippen LogP contribution in [0.4, 0.5) is 4.39 Å². The van der Waals surface area contributed by atoms with Crippen molar-refractivity contribution < 1.29 is 28.2 Å². The fourth-order valence-corrected chi connectivity index (χ4v) is 4.39. The Labute approximate surface area is 167 Å². The van der Waals surface area contributed by atoms with Crippen molar-refractivity contribution in [3.63, 3.8) is 0 Å². The summed E-state index contributed by atoms with van der Waals surface area (Å²) in [5.41, 5.74) is 1.52. The molecule has 4 aromatic rings. The van der Waals surface area contributed by atoms with Crippen LogP contribution in [0.1, 0.15) is 18.5 Å². The lowest BCUT2D eigenvalue weighted by molar-refractivity contribution is 0.174. The number of nitrogens with one attached hydrogen (secondary N) is 1. The maximum Gasteiger partial charge on any atom is 0.359 e. The molecule has 0 fully saturated rings. The highest BCUT2D eigenvalue weighted by molar-refractivity contribution is 7.60. The summed E-state index contributed by atoms with van der Waals surface area (Å²) in [5, 5.41) is -0.0404. The number of fused-ring (bicyclic) bond motifs is 5. The largest absolute Gasteiger partial charge is 0.454 e. The van der Waals surface area contributed by atoms with Gasteiger partial charge in [0.25, 0.3) is 0 Å². The molecular weight excluding hydrogens is 416 g/mol. The molecule has 0 bridgehead atoms. The first-order valence-electron chi connectivity index (χ1n) is 8.93. The first-order valence-corrected chi connectivity index (χ1v) is 10.5. The smallest absolute Gasteiger partial charge is 0.359 e. The van der Waals surface area contributed by atoms with Crippen LogP contribution in [0.15, 0.2) is 41.3 Å². The molecule has 0 radical (unpaired) electrons. The SMILES string of the molecule is C[C@@H](c1ccc(P(=O)(O)O)c(F)c1)n1c(=O)[nH]c2cnc3c4c(ccc3c21)OCO4. The van der Waals surface area contributed by atoms with Crippen molar-refractivity contribution in [2.75, 3.05) is 6.79 Å². The number of H-pyrrole nitrogens is 1. The molecule has 5 rings (SSSR count). The number of nitrogens with zero attached hydrogens (tertiary/aromatic N) is 2. The highest BCUT2D eigenvalue weighted by Gasteiger charge is 2.25. The van der Waals surface area contributed by atoms with E-state index in [1.54, 1.807) is 19.1 Å².